The van der Waals surface area contributed by atoms with Crippen molar-refractivity contribution in [2.24, 2.45) is 0 Å². The Hall–Kier alpha value is -0.740. The second kappa shape index (κ2) is 3.68. The highest BCUT2D eigenvalue weighted by Crippen LogP contribution is 2.42. The molecule has 1 unspecified atom stereocenters. The van der Waals surface area contributed by atoms with E-state index in [1.165, 1.54) is 6.07 Å². The Morgan fingerprint density at radius 2 is 2.13 bits per heavy atom. The maximum absolute atomic E-state index is 10.9. The molecule has 0 amide bonds. The average molecular weight is 246 g/mol. The molecule has 1 aliphatic rings. The molecule has 1 radical (unpaired) electrons. The molecule has 0 saturated heterocycles. The van der Waals surface area contributed by atoms with Crippen LogP contribution in [0.15, 0.2) is 18.2 Å². The Morgan fingerprint density at radius 3 is 2.60 bits per heavy atom. The molecule has 1 atom stereocenters. The molecule has 81 valence electrons. The molecule has 1 aliphatic carbocycles. The molecule has 1 aromatic carbocycles. The molecule has 2 rings (SSSR count). The highest BCUT2D eigenvalue weighted by Gasteiger charge is 2.26. The monoisotopic (exact) mass is 245 g/mol. The van der Waals surface area contributed by atoms with Crippen LogP contribution in [0.4, 0.5) is 0 Å². The van der Waals surface area contributed by atoms with Crippen molar-refractivity contribution in [3.63, 3.8) is 0 Å². The maximum atomic E-state index is 10.9. The summed E-state index contributed by atoms with van der Waals surface area (Å²) in [6.45, 7) is 0. The fourth-order valence-electron chi connectivity index (χ4n) is 1.36. The fraction of sp³-hybridized carbons (Fsp3) is 0.300. The van der Waals surface area contributed by atoms with Gasteiger partial charge in [0.15, 0.2) is 0 Å². The Morgan fingerprint density at radius 1 is 1.47 bits per heavy atom. The molecule has 1 fully saturated rings. The quantitative estimate of drug-likeness (QED) is 0.768. The van der Waals surface area contributed by atoms with E-state index < -0.39 is 10.1 Å². The minimum Gasteiger partial charge on any atom is -0.383 e. The summed E-state index contributed by atoms with van der Waals surface area (Å²) in [6, 6.07) is 4.95. The average Bonchev–Trinajstić information content (AvgIpc) is 2.84. The van der Waals surface area contributed by atoms with Gasteiger partial charge in [-0.05, 0) is 30.4 Å². The summed E-state index contributed by atoms with van der Waals surface area (Å²) in [6.07, 6.45) is 4.17. The van der Waals surface area contributed by atoms with Gasteiger partial charge in [-0.3, -0.25) is 0 Å². The van der Waals surface area contributed by atoms with Gasteiger partial charge in [0.05, 0.1) is 6.26 Å². The van der Waals surface area contributed by atoms with Gasteiger partial charge in [-0.25, -0.2) is 0 Å². The minimum atomic E-state index is -3.48. The molecule has 0 aromatic heterocycles. The molecule has 0 heterocycles. The van der Waals surface area contributed by atoms with Crippen LogP contribution < -0.4 is 4.18 Å². The lowest BCUT2D eigenvalue weighted by molar-refractivity contribution is 0.493. The van der Waals surface area contributed by atoms with Gasteiger partial charge in [-0.15, -0.1) is 0 Å². The first-order chi connectivity index (χ1) is 6.96. The fourth-order valence-corrected chi connectivity index (χ4v) is 2.12. The van der Waals surface area contributed by atoms with Crippen LogP contribution in [0.3, 0.4) is 0 Å². The first-order valence-corrected chi connectivity index (χ1v) is 6.67. The molecule has 0 aliphatic heterocycles. The third-order valence-electron chi connectivity index (χ3n) is 2.09. The zero-order valence-electron chi connectivity index (χ0n) is 8.10. The van der Waals surface area contributed by atoms with Gasteiger partial charge in [0.25, 0.3) is 0 Å². The van der Waals surface area contributed by atoms with Gasteiger partial charge in [-0.1, -0.05) is 17.7 Å². The van der Waals surface area contributed by atoms with Crippen LogP contribution >= 0.6 is 11.6 Å². The molecule has 0 bridgehead atoms. The SMILES string of the molecule is CS(=O)(=O)Oc1ccc(C2[CH]C2)c(Cl)c1. The van der Waals surface area contributed by atoms with Gasteiger partial charge in [0.1, 0.15) is 5.75 Å². The summed E-state index contributed by atoms with van der Waals surface area (Å²) in [5.74, 6) is 0.677. The van der Waals surface area contributed by atoms with Gasteiger partial charge >= 0.3 is 10.1 Å². The Kier molecular flexibility index (Phi) is 2.64. The van der Waals surface area contributed by atoms with Crippen LogP contribution in [0.5, 0.6) is 5.75 Å². The first kappa shape index (κ1) is 10.8. The highest BCUT2D eigenvalue weighted by atomic mass is 35.5. The lowest BCUT2D eigenvalue weighted by Gasteiger charge is -2.06. The van der Waals surface area contributed by atoms with E-state index in [-0.39, 0.29) is 5.75 Å². The Bertz CT molecular complexity index is 477. The number of halogens is 1. The molecule has 5 heteroatoms. The molecule has 15 heavy (non-hydrogen) atoms. The summed E-state index contributed by atoms with van der Waals surface area (Å²) < 4.78 is 26.5. The summed E-state index contributed by atoms with van der Waals surface area (Å²) in [7, 11) is -3.48. The van der Waals surface area contributed by atoms with E-state index in [0.29, 0.717) is 10.9 Å². The summed E-state index contributed by atoms with van der Waals surface area (Å²) in [5, 5.41) is 0.551. The lowest BCUT2D eigenvalue weighted by atomic mass is 10.1. The molecule has 0 N–H and O–H groups in total. The Labute approximate surface area is 94.1 Å². The predicted molar refractivity (Wildman–Crippen MR) is 58.6 cm³/mol. The molecule has 1 aromatic rings. The second-order valence-corrected chi connectivity index (χ2v) is 5.53. The summed E-state index contributed by atoms with van der Waals surface area (Å²) >= 11 is 6.00. The van der Waals surface area contributed by atoms with Crippen molar-refractivity contribution in [1.29, 1.82) is 0 Å². The van der Waals surface area contributed by atoms with Crippen molar-refractivity contribution < 1.29 is 12.6 Å². The normalized spacial score (nSPS) is 16.4. The smallest absolute Gasteiger partial charge is 0.306 e. The van der Waals surface area contributed by atoms with Crippen LogP contribution in [0.1, 0.15) is 17.9 Å². The van der Waals surface area contributed by atoms with Crippen LogP contribution in [-0.4, -0.2) is 14.7 Å². The molecular weight excluding hydrogens is 236 g/mol. The van der Waals surface area contributed by atoms with Crippen molar-refractivity contribution in [2.45, 2.75) is 12.3 Å². The van der Waals surface area contributed by atoms with E-state index in [2.05, 4.69) is 6.42 Å². The number of hydrogen-bond donors (Lipinski definition) is 0. The van der Waals surface area contributed by atoms with Gasteiger partial charge < -0.3 is 4.18 Å². The van der Waals surface area contributed by atoms with Crippen LogP contribution in [0.25, 0.3) is 0 Å². The minimum absolute atomic E-state index is 0.256. The molecular formula is C10H10ClO3S. The Balaban J connectivity index is 2.25. The first-order valence-electron chi connectivity index (χ1n) is 4.48. The van der Waals surface area contributed by atoms with Crippen molar-refractivity contribution in [3.05, 3.63) is 35.2 Å². The van der Waals surface area contributed by atoms with Gasteiger partial charge in [-0.2, -0.15) is 8.42 Å². The lowest BCUT2D eigenvalue weighted by Crippen LogP contribution is -2.05. The van der Waals surface area contributed by atoms with Gasteiger partial charge in [0.2, 0.25) is 0 Å². The zero-order valence-corrected chi connectivity index (χ0v) is 9.68. The van der Waals surface area contributed by atoms with E-state index in [4.69, 9.17) is 15.8 Å². The van der Waals surface area contributed by atoms with E-state index in [1.54, 1.807) is 12.1 Å². The van der Waals surface area contributed by atoms with Crippen molar-refractivity contribution in [1.82, 2.24) is 0 Å². The van der Waals surface area contributed by atoms with Crippen LogP contribution in [0.2, 0.25) is 5.02 Å². The maximum Gasteiger partial charge on any atom is 0.306 e. The number of hydrogen-bond acceptors (Lipinski definition) is 3. The predicted octanol–water partition coefficient (Wildman–Crippen LogP) is 2.37. The summed E-state index contributed by atoms with van der Waals surface area (Å²) in [4.78, 5) is 0. The standard InChI is InChI=1S/C10H10ClO3S/c1-15(12,13)14-8-4-5-9(7-2-3-7)10(11)6-8/h2,4-7H,3H2,1H3. The third-order valence-corrected chi connectivity index (χ3v) is 2.91. The topological polar surface area (TPSA) is 43.4 Å². The zero-order chi connectivity index (χ0) is 11.1. The number of benzene rings is 1. The second-order valence-electron chi connectivity index (χ2n) is 3.55. The van der Waals surface area contributed by atoms with E-state index in [0.717, 1.165) is 18.2 Å². The van der Waals surface area contributed by atoms with Crippen LogP contribution in [-0.2, 0) is 10.1 Å². The molecule has 0 spiro atoms. The van der Waals surface area contributed by atoms with Crippen molar-refractivity contribution in [2.75, 3.05) is 6.26 Å². The number of rotatable bonds is 3. The largest absolute Gasteiger partial charge is 0.383 e. The van der Waals surface area contributed by atoms with Crippen molar-refractivity contribution >= 4 is 21.7 Å². The van der Waals surface area contributed by atoms with Crippen molar-refractivity contribution in [3.8, 4) is 5.75 Å². The van der Waals surface area contributed by atoms with E-state index in [1.807, 2.05) is 0 Å². The molecule has 3 nitrogen and oxygen atoms in total. The van der Waals surface area contributed by atoms with Crippen LogP contribution in [0, 0.1) is 6.42 Å². The van der Waals surface area contributed by atoms with E-state index in [9.17, 15) is 8.42 Å². The summed E-state index contributed by atoms with van der Waals surface area (Å²) in [5.41, 5.74) is 1.03. The van der Waals surface area contributed by atoms with Gasteiger partial charge in [0, 0.05) is 11.1 Å². The molecule has 1 saturated carbocycles. The highest BCUT2D eigenvalue weighted by molar-refractivity contribution is 7.86. The third kappa shape index (κ3) is 2.86. The van der Waals surface area contributed by atoms with E-state index >= 15 is 0 Å².